The van der Waals surface area contributed by atoms with Crippen molar-refractivity contribution in [2.24, 2.45) is 0 Å². The van der Waals surface area contributed by atoms with Gasteiger partial charge in [-0.2, -0.15) is 0 Å². The van der Waals surface area contributed by atoms with Gasteiger partial charge in [0.1, 0.15) is 0 Å². The van der Waals surface area contributed by atoms with Gasteiger partial charge in [0.2, 0.25) is 0 Å². The molecule has 5 aromatic rings. The lowest BCUT2D eigenvalue weighted by Gasteiger charge is -2.30. The number of allylic oxidation sites excluding steroid dienone is 1. The van der Waals surface area contributed by atoms with Gasteiger partial charge in [-0.25, -0.2) is 10.1 Å². The molecular weight excluding hydrogens is 569 g/mol. The molecule has 0 radical (unpaired) electrons. The number of aromatic nitrogens is 1. The summed E-state index contributed by atoms with van der Waals surface area (Å²) in [5.41, 5.74) is 15.4. The van der Waals surface area contributed by atoms with Gasteiger partial charge < -0.3 is 4.90 Å². The third-order valence-electron chi connectivity index (χ3n) is 9.95. The predicted octanol–water partition coefficient (Wildman–Crippen LogP) is 10.9. The molecular formula is C40H34N4S. The van der Waals surface area contributed by atoms with Crippen LogP contribution in [0.4, 0.5) is 17.1 Å². The summed E-state index contributed by atoms with van der Waals surface area (Å²) >= 11 is 1.60. The number of hydrogen-bond acceptors (Lipinski definition) is 4. The predicted molar refractivity (Wildman–Crippen MR) is 186 cm³/mol. The highest BCUT2D eigenvalue weighted by molar-refractivity contribution is 7.16. The summed E-state index contributed by atoms with van der Waals surface area (Å²) in [6.45, 7) is 23.0. The Balaban J connectivity index is 1.40. The molecule has 3 aromatic carbocycles. The Labute approximate surface area is 269 Å². The van der Waals surface area contributed by atoms with Crippen molar-refractivity contribution in [1.82, 2.24) is 4.98 Å². The van der Waals surface area contributed by atoms with Gasteiger partial charge in [-0.3, -0.25) is 4.98 Å². The average molecular weight is 603 g/mol. The van der Waals surface area contributed by atoms with Crippen LogP contribution >= 0.6 is 11.3 Å². The van der Waals surface area contributed by atoms with Crippen LogP contribution in [0.25, 0.3) is 32.6 Å². The lowest BCUT2D eigenvalue weighted by Crippen LogP contribution is -2.18. The molecule has 0 saturated carbocycles. The van der Waals surface area contributed by atoms with Gasteiger partial charge in [0.05, 0.1) is 35.1 Å². The van der Waals surface area contributed by atoms with E-state index in [9.17, 15) is 5.26 Å². The van der Waals surface area contributed by atoms with Crippen LogP contribution < -0.4 is 4.90 Å². The van der Waals surface area contributed by atoms with E-state index in [0.717, 1.165) is 32.5 Å². The standard InChI is InChI=1S/C40H34N4S/c1-23-15-28(16-24(2)25(23)3)44(27-13-14-32-31-11-9-10-12-33(31)39(4,5)34(32)18-27)29-19-35-37(43-22-29)38-36(40(35,6)7)20-30(45-38)17-26(21-41)42-8/h9-20,22H,1-7H3/b26-17-. The van der Waals surface area contributed by atoms with E-state index >= 15 is 0 Å². The van der Waals surface area contributed by atoms with Crippen LogP contribution in [0.5, 0.6) is 0 Å². The molecule has 0 spiro atoms. The second-order valence-corrected chi connectivity index (χ2v) is 14.4. The fourth-order valence-corrected chi connectivity index (χ4v) is 8.41. The highest BCUT2D eigenvalue weighted by Crippen LogP contribution is 2.54. The number of nitriles is 1. The van der Waals surface area contributed by atoms with Crippen molar-refractivity contribution in [3.8, 4) is 27.8 Å². The number of nitrogens with zero attached hydrogens (tertiary/aromatic N) is 4. The van der Waals surface area contributed by atoms with Crippen LogP contribution in [-0.4, -0.2) is 4.98 Å². The normalized spacial score (nSPS) is 15.0. The summed E-state index contributed by atoms with van der Waals surface area (Å²) in [5, 5.41) is 9.30. The number of benzene rings is 3. The van der Waals surface area contributed by atoms with Crippen LogP contribution in [-0.2, 0) is 10.8 Å². The maximum Gasteiger partial charge on any atom is 0.263 e. The second kappa shape index (κ2) is 10.0. The van der Waals surface area contributed by atoms with Crippen molar-refractivity contribution in [1.29, 1.82) is 5.26 Å². The number of pyridine rings is 1. The highest BCUT2D eigenvalue weighted by Gasteiger charge is 2.40. The number of anilines is 3. The Bertz CT molecular complexity index is 2140. The van der Waals surface area contributed by atoms with Crippen LogP contribution in [0.3, 0.4) is 0 Å². The molecule has 7 rings (SSSR count). The van der Waals surface area contributed by atoms with E-state index in [1.165, 1.54) is 50.1 Å². The van der Waals surface area contributed by atoms with Crippen LogP contribution in [0, 0.1) is 38.7 Å². The summed E-state index contributed by atoms with van der Waals surface area (Å²) in [6.07, 6.45) is 3.67. The number of fused-ring (bicyclic) bond motifs is 6. The largest absolute Gasteiger partial charge is 0.309 e. The second-order valence-electron chi connectivity index (χ2n) is 13.3. The Hall–Kier alpha value is -4.97. The zero-order valence-corrected chi connectivity index (χ0v) is 27.5. The van der Waals surface area contributed by atoms with Crippen LogP contribution in [0.2, 0.25) is 0 Å². The molecule has 0 bridgehead atoms. The van der Waals surface area contributed by atoms with Gasteiger partial charge in [-0.05, 0) is 113 Å². The first-order valence-electron chi connectivity index (χ1n) is 15.2. The monoisotopic (exact) mass is 602 g/mol. The van der Waals surface area contributed by atoms with E-state index < -0.39 is 0 Å². The summed E-state index contributed by atoms with van der Waals surface area (Å²) < 4.78 is 0. The number of rotatable bonds is 4. The first-order valence-corrected chi connectivity index (χ1v) is 16.0. The minimum Gasteiger partial charge on any atom is -0.309 e. The summed E-state index contributed by atoms with van der Waals surface area (Å²) in [6, 6.07) is 26.7. The van der Waals surface area contributed by atoms with Crippen molar-refractivity contribution in [2.75, 3.05) is 4.90 Å². The summed E-state index contributed by atoms with van der Waals surface area (Å²) in [7, 11) is 0. The zero-order chi connectivity index (χ0) is 31.8. The molecule has 4 nitrogen and oxygen atoms in total. The van der Waals surface area contributed by atoms with E-state index in [-0.39, 0.29) is 16.5 Å². The van der Waals surface area contributed by atoms with Crippen molar-refractivity contribution < 1.29 is 0 Å². The van der Waals surface area contributed by atoms with Crippen molar-refractivity contribution in [2.45, 2.75) is 59.3 Å². The Morgan fingerprint density at radius 1 is 0.822 bits per heavy atom. The molecule has 5 heteroatoms. The SMILES string of the molecule is [C-]#[N+]/C(C#N)=C\c1cc2c(s1)-c1ncc(N(c3cc(C)c(C)c(C)c3)c3ccc4c(c3)C(C)(C)c3ccccc3-4)cc1C2(C)C. The Morgan fingerprint density at radius 3 is 2.20 bits per heavy atom. The smallest absolute Gasteiger partial charge is 0.263 e. The molecule has 0 saturated heterocycles. The van der Waals surface area contributed by atoms with Gasteiger partial charge in [-0.15, -0.1) is 11.3 Å². The van der Waals surface area contributed by atoms with E-state index in [1.807, 2.05) is 12.3 Å². The lowest BCUT2D eigenvalue weighted by atomic mass is 9.82. The minimum absolute atomic E-state index is 0.0937. The Morgan fingerprint density at radius 2 is 1.49 bits per heavy atom. The Kier molecular flexibility index (Phi) is 6.41. The third kappa shape index (κ3) is 4.26. The van der Waals surface area contributed by atoms with Gasteiger partial charge >= 0.3 is 0 Å². The molecule has 0 N–H and O–H groups in total. The molecule has 0 amide bonds. The lowest BCUT2D eigenvalue weighted by molar-refractivity contribution is 0.660. The van der Waals surface area contributed by atoms with Crippen molar-refractivity contribution in [3.63, 3.8) is 0 Å². The topological polar surface area (TPSA) is 44.3 Å². The van der Waals surface area contributed by atoms with E-state index in [0.29, 0.717) is 0 Å². The highest BCUT2D eigenvalue weighted by atomic mass is 32.1. The van der Waals surface area contributed by atoms with Gasteiger partial charge in [0.25, 0.3) is 5.70 Å². The fourth-order valence-electron chi connectivity index (χ4n) is 7.14. The zero-order valence-electron chi connectivity index (χ0n) is 26.7. The summed E-state index contributed by atoms with van der Waals surface area (Å²) in [4.78, 5) is 12.8. The number of hydrogen-bond donors (Lipinski definition) is 0. The first-order chi connectivity index (χ1) is 21.4. The molecule has 0 fully saturated rings. The molecule has 220 valence electrons. The maximum atomic E-state index is 9.30. The third-order valence-corrected chi connectivity index (χ3v) is 11.0. The van der Waals surface area contributed by atoms with Crippen LogP contribution in [0.1, 0.15) is 71.5 Å². The first kappa shape index (κ1) is 28.8. The average Bonchev–Trinajstić information content (AvgIpc) is 3.62. The number of thiophene rings is 1. The number of aryl methyl sites for hydroxylation is 2. The van der Waals surface area contributed by atoms with E-state index in [1.54, 1.807) is 17.4 Å². The van der Waals surface area contributed by atoms with Crippen molar-refractivity contribution >= 4 is 34.5 Å². The molecule has 2 heterocycles. The van der Waals surface area contributed by atoms with Crippen LogP contribution in [0.15, 0.2) is 78.6 Å². The molecule has 2 aliphatic carbocycles. The van der Waals surface area contributed by atoms with Crippen molar-refractivity contribution in [3.05, 3.63) is 134 Å². The molecule has 45 heavy (non-hydrogen) atoms. The van der Waals surface area contributed by atoms with Gasteiger partial charge in [0, 0.05) is 27.1 Å². The summed E-state index contributed by atoms with van der Waals surface area (Å²) in [5.74, 6) is 0. The fraction of sp³-hybridized carbons (Fsp3) is 0.225. The van der Waals surface area contributed by atoms with Gasteiger partial charge in [0.15, 0.2) is 0 Å². The van der Waals surface area contributed by atoms with E-state index in [4.69, 9.17) is 11.6 Å². The molecule has 0 aliphatic heterocycles. The minimum atomic E-state index is -0.284. The van der Waals surface area contributed by atoms with E-state index in [2.05, 4.69) is 125 Å². The van der Waals surface area contributed by atoms with Gasteiger partial charge in [-0.1, -0.05) is 58.0 Å². The quantitative estimate of drug-likeness (QED) is 0.152. The molecule has 0 atom stereocenters. The maximum absolute atomic E-state index is 9.30. The molecule has 2 aromatic heterocycles. The molecule has 2 aliphatic rings. The molecule has 0 unspecified atom stereocenters.